The Morgan fingerprint density at radius 1 is 1.38 bits per heavy atom. The molecular weight excluding hydrogens is 339 g/mol. The summed E-state index contributed by atoms with van der Waals surface area (Å²) in [6.45, 7) is 3.19. The summed E-state index contributed by atoms with van der Waals surface area (Å²) in [5.41, 5.74) is 0.614. The first-order chi connectivity index (χ1) is 7.53. The normalized spacial score (nSPS) is 11.4. The molecule has 0 unspecified atom stereocenters. The van der Waals surface area contributed by atoms with Gasteiger partial charge in [0.25, 0.3) is 0 Å². The van der Waals surface area contributed by atoms with Gasteiger partial charge in [0, 0.05) is 15.8 Å². The molecule has 6 heteroatoms. The van der Waals surface area contributed by atoms with Crippen molar-refractivity contribution in [2.75, 3.05) is 23.6 Å². The van der Waals surface area contributed by atoms with Crippen molar-refractivity contribution in [3.8, 4) is 0 Å². The van der Waals surface area contributed by atoms with Crippen LogP contribution in [0.4, 0.5) is 5.69 Å². The van der Waals surface area contributed by atoms with Gasteiger partial charge in [-0.1, -0.05) is 13.0 Å². The molecule has 0 heterocycles. The zero-order valence-corrected chi connectivity index (χ0v) is 12.0. The minimum Gasteiger partial charge on any atom is -0.316 e. The van der Waals surface area contributed by atoms with Gasteiger partial charge in [-0.25, -0.2) is 8.42 Å². The molecule has 1 rings (SSSR count). The predicted molar refractivity (Wildman–Crippen MR) is 75.1 cm³/mol. The lowest BCUT2D eigenvalue weighted by atomic mass is 10.3. The van der Waals surface area contributed by atoms with E-state index in [1.807, 2.05) is 19.1 Å². The number of anilines is 1. The van der Waals surface area contributed by atoms with Gasteiger partial charge < -0.3 is 5.32 Å². The van der Waals surface area contributed by atoms with Gasteiger partial charge in [-0.2, -0.15) is 0 Å². The second kappa shape index (κ2) is 6.41. The summed E-state index contributed by atoms with van der Waals surface area (Å²) >= 11 is 2.14. The molecule has 0 aliphatic carbocycles. The number of benzene rings is 1. The maximum atomic E-state index is 11.6. The van der Waals surface area contributed by atoms with Gasteiger partial charge in [0.15, 0.2) is 0 Å². The first kappa shape index (κ1) is 13.7. The fourth-order valence-corrected chi connectivity index (χ4v) is 2.71. The Morgan fingerprint density at radius 2 is 2.12 bits per heavy atom. The van der Waals surface area contributed by atoms with Crippen LogP contribution < -0.4 is 10.0 Å². The number of halogens is 1. The lowest BCUT2D eigenvalue weighted by Gasteiger charge is -2.08. The van der Waals surface area contributed by atoms with Crippen LogP contribution in [0.5, 0.6) is 0 Å². The van der Waals surface area contributed by atoms with Crippen molar-refractivity contribution in [2.24, 2.45) is 0 Å². The molecule has 0 saturated heterocycles. The summed E-state index contributed by atoms with van der Waals surface area (Å²) < 4.78 is 26.8. The third kappa shape index (κ3) is 5.13. The molecule has 1 aromatic carbocycles. The van der Waals surface area contributed by atoms with Crippen LogP contribution in [0.15, 0.2) is 24.3 Å². The predicted octanol–water partition coefficient (Wildman–Crippen LogP) is 1.64. The van der Waals surface area contributed by atoms with Crippen LogP contribution in [0, 0.1) is 3.57 Å². The minimum atomic E-state index is -3.24. The summed E-state index contributed by atoms with van der Waals surface area (Å²) in [4.78, 5) is 0. The molecule has 0 atom stereocenters. The molecule has 90 valence electrons. The number of nitrogens with one attached hydrogen (secondary N) is 2. The van der Waals surface area contributed by atoms with Gasteiger partial charge in [-0.15, -0.1) is 0 Å². The second-order valence-corrected chi connectivity index (χ2v) is 6.37. The van der Waals surface area contributed by atoms with E-state index in [1.54, 1.807) is 12.1 Å². The zero-order chi connectivity index (χ0) is 12.0. The second-order valence-electron chi connectivity index (χ2n) is 3.28. The number of sulfonamides is 1. The zero-order valence-electron chi connectivity index (χ0n) is 9.03. The Bertz CT molecular complexity index is 434. The Balaban J connectivity index is 2.59. The number of hydrogen-bond donors (Lipinski definition) is 2. The topological polar surface area (TPSA) is 58.2 Å². The quantitative estimate of drug-likeness (QED) is 0.603. The summed E-state index contributed by atoms with van der Waals surface area (Å²) in [6.07, 6.45) is 0. The van der Waals surface area contributed by atoms with Crippen LogP contribution in [-0.2, 0) is 10.0 Å². The van der Waals surface area contributed by atoms with Gasteiger partial charge in [0.1, 0.15) is 0 Å². The fourth-order valence-electron chi connectivity index (χ4n) is 1.17. The maximum absolute atomic E-state index is 11.6. The first-order valence-electron chi connectivity index (χ1n) is 5.00. The SMILES string of the molecule is CCNCCS(=O)(=O)Nc1cccc(I)c1. The van der Waals surface area contributed by atoms with E-state index in [2.05, 4.69) is 32.6 Å². The molecule has 4 nitrogen and oxygen atoms in total. The van der Waals surface area contributed by atoms with Crippen LogP contribution in [-0.4, -0.2) is 27.3 Å². The molecule has 0 aliphatic heterocycles. The fraction of sp³-hybridized carbons (Fsp3) is 0.400. The highest BCUT2D eigenvalue weighted by molar-refractivity contribution is 14.1. The van der Waals surface area contributed by atoms with Crippen molar-refractivity contribution >= 4 is 38.3 Å². The first-order valence-corrected chi connectivity index (χ1v) is 7.73. The van der Waals surface area contributed by atoms with E-state index in [9.17, 15) is 8.42 Å². The van der Waals surface area contributed by atoms with Crippen molar-refractivity contribution in [1.82, 2.24) is 5.32 Å². The average Bonchev–Trinajstić information content (AvgIpc) is 2.17. The Hall–Kier alpha value is -0.340. The minimum absolute atomic E-state index is 0.0896. The van der Waals surface area contributed by atoms with Gasteiger partial charge in [-0.05, 0) is 47.3 Å². The van der Waals surface area contributed by atoms with Crippen molar-refractivity contribution < 1.29 is 8.42 Å². The summed E-state index contributed by atoms with van der Waals surface area (Å²) in [5.74, 6) is 0.0896. The van der Waals surface area contributed by atoms with Gasteiger partial charge in [0.05, 0.1) is 5.75 Å². The Labute approximate surface area is 110 Å². The van der Waals surface area contributed by atoms with Crippen molar-refractivity contribution in [1.29, 1.82) is 0 Å². The van der Waals surface area contributed by atoms with E-state index in [-0.39, 0.29) is 5.75 Å². The molecule has 0 saturated carbocycles. The summed E-state index contributed by atoms with van der Waals surface area (Å²) in [6, 6.07) is 7.28. The van der Waals surface area contributed by atoms with Crippen molar-refractivity contribution in [3.63, 3.8) is 0 Å². The Kier molecular flexibility index (Phi) is 5.50. The van der Waals surface area contributed by atoms with Gasteiger partial charge in [-0.3, -0.25) is 4.72 Å². The van der Waals surface area contributed by atoms with Crippen molar-refractivity contribution in [2.45, 2.75) is 6.92 Å². The van der Waals surface area contributed by atoms with E-state index >= 15 is 0 Å². The molecule has 1 aromatic rings. The molecule has 2 N–H and O–H groups in total. The summed E-state index contributed by atoms with van der Waals surface area (Å²) in [7, 11) is -3.24. The monoisotopic (exact) mass is 354 g/mol. The highest BCUT2D eigenvalue weighted by Crippen LogP contribution is 2.13. The van der Waals surface area contributed by atoms with Crippen LogP contribution in [0.1, 0.15) is 6.92 Å². The smallest absolute Gasteiger partial charge is 0.233 e. The third-order valence-corrected chi connectivity index (χ3v) is 3.85. The summed E-state index contributed by atoms with van der Waals surface area (Å²) in [5, 5.41) is 2.98. The molecule has 0 bridgehead atoms. The van der Waals surface area contributed by atoms with Crippen LogP contribution in [0.3, 0.4) is 0 Å². The highest BCUT2D eigenvalue weighted by atomic mass is 127. The van der Waals surface area contributed by atoms with Crippen molar-refractivity contribution in [3.05, 3.63) is 27.8 Å². The standard InChI is InChI=1S/C10H15IN2O2S/c1-2-12-6-7-16(14,15)13-10-5-3-4-9(11)8-10/h3-5,8,12-13H,2,6-7H2,1H3. The molecule has 0 spiro atoms. The van der Waals surface area contributed by atoms with E-state index < -0.39 is 10.0 Å². The van der Waals surface area contributed by atoms with Gasteiger partial charge in [0.2, 0.25) is 10.0 Å². The molecular formula is C10H15IN2O2S. The van der Waals surface area contributed by atoms with E-state index in [0.717, 1.165) is 10.1 Å². The van der Waals surface area contributed by atoms with Crippen LogP contribution >= 0.6 is 22.6 Å². The molecule has 0 aliphatic rings. The molecule has 0 amide bonds. The molecule has 0 radical (unpaired) electrons. The Morgan fingerprint density at radius 3 is 2.75 bits per heavy atom. The third-order valence-electron chi connectivity index (χ3n) is 1.90. The molecule has 16 heavy (non-hydrogen) atoms. The molecule has 0 aromatic heterocycles. The van der Waals surface area contributed by atoms with Crippen LogP contribution in [0.25, 0.3) is 0 Å². The lowest BCUT2D eigenvalue weighted by Crippen LogP contribution is -2.26. The number of rotatable bonds is 6. The lowest BCUT2D eigenvalue weighted by molar-refractivity contribution is 0.597. The van der Waals surface area contributed by atoms with E-state index in [0.29, 0.717) is 12.2 Å². The largest absolute Gasteiger partial charge is 0.316 e. The van der Waals surface area contributed by atoms with E-state index in [4.69, 9.17) is 0 Å². The average molecular weight is 354 g/mol. The maximum Gasteiger partial charge on any atom is 0.233 e. The molecule has 0 fully saturated rings. The van der Waals surface area contributed by atoms with Crippen LogP contribution in [0.2, 0.25) is 0 Å². The van der Waals surface area contributed by atoms with E-state index in [1.165, 1.54) is 0 Å². The highest BCUT2D eigenvalue weighted by Gasteiger charge is 2.09. The van der Waals surface area contributed by atoms with Gasteiger partial charge >= 0.3 is 0 Å². The number of hydrogen-bond acceptors (Lipinski definition) is 3.